The Kier molecular flexibility index (Phi) is 5.75. The smallest absolute Gasteiger partial charge is 0.223 e. The zero-order chi connectivity index (χ0) is 16.2. The molecule has 2 amide bonds. The number of rotatable bonds is 5. The molecule has 1 aromatic carbocycles. The first-order valence-corrected chi connectivity index (χ1v) is 6.45. The molecule has 0 fully saturated rings. The van der Waals surface area contributed by atoms with E-state index in [1.54, 1.807) is 13.8 Å². The van der Waals surface area contributed by atoms with Crippen LogP contribution in [0.4, 0.5) is 18.9 Å². The molecule has 21 heavy (non-hydrogen) atoms. The summed E-state index contributed by atoms with van der Waals surface area (Å²) in [6.45, 7) is 4.57. The van der Waals surface area contributed by atoms with Crippen molar-refractivity contribution in [2.75, 3.05) is 11.4 Å². The van der Waals surface area contributed by atoms with E-state index in [2.05, 4.69) is 5.32 Å². The van der Waals surface area contributed by atoms with Gasteiger partial charge in [0.25, 0.3) is 0 Å². The molecule has 0 saturated carbocycles. The number of nitrogens with zero attached hydrogens (tertiary/aromatic N) is 1. The summed E-state index contributed by atoms with van der Waals surface area (Å²) in [5, 5.41) is 2.62. The Balaban J connectivity index is 2.91. The highest BCUT2D eigenvalue weighted by molar-refractivity contribution is 5.92. The molecule has 7 heteroatoms. The molecule has 0 spiro atoms. The Morgan fingerprint density at radius 2 is 1.81 bits per heavy atom. The topological polar surface area (TPSA) is 49.4 Å². The Hall–Kier alpha value is -2.05. The summed E-state index contributed by atoms with van der Waals surface area (Å²) in [5.74, 6) is -5.33. The van der Waals surface area contributed by atoms with Gasteiger partial charge in [0.2, 0.25) is 11.8 Å². The molecule has 116 valence electrons. The molecule has 0 aliphatic rings. The summed E-state index contributed by atoms with van der Waals surface area (Å²) in [4.78, 5) is 24.0. The molecule has 0 radical (unpaired) electrons. The summed E-state index contributed by atoms with van der Waals surface area (Å²) < 4.78 is 39.8. The second-order valence-corrected chi connectivity index (χ2v) is 4.84. The van der Waals surface area contributed by atoms with Crippen LogP contribution >= 0.6 is 0 Å². The monoisotopic (exact) mass is 302 g/mol. The third-order valence-corrected chi connectivity index (χ3v) is 2.70. The van der Waals surface area contributed by atoms with E-state index in [0.717, 1.165) is 24.0 Å². The molecule has 0 aromatic heterocycles. The maximum atomic E-state index is 13.7. The molecule has 1 N–H and O–H groups in total. The van der Waals surface area contributed by atoms with Gasteiger partial charge >= 0.3 is 0 Å². The molecule has 0 heterocycles. The van der Waals surface area contributed by atoms with Crippen molar-refractivity contribution in [1.82, 2.24) is 5.32 Å². The van der Waals surface area contributed by atoms with Crippen LogP contribution in [0.3, 0.4) is 0 Å². The number of carbonyl (C=O) groups excluding carboxylic acids is 2. The van der Waals surface area contributed by atoms with Crippen molar-refractivity contribution in [1.29, 1.82) is 0 Å². The normalized spacial score (nSPS) is 10.6. The molecule has 0 aliphatic heterocycles. The number of anilines is 1. The Bertz CT molecular complexity index is 547. The lowest BCUT2D eigenvalue weighted by molar-refractivity contribution is -0.121. The Morgan fingerprint density at radius 1 is 1.19 bits per heavy atom. The van der Waals surface area contributed by atoms with Gasteiger partial charge in [0, 0.05) is 25.9 Å². The van der Waals surface area contributed by atoms with Crippen LogP contribution in [0.1, 0.15) is 27.2 Å². The first-order valence-electron chi connectivity index (χ1n) is 6.45. The highest BCUT2D eigenvalue weighted by Gasteiger charge is 2.21. The predicted octanol–water partition coefficient (Wildman–Crippen LogP) is 2.37. The van der Waals surface area contributed by atoms with Crippen molar-refractivity contribution < 1.29 is 22.8 Å². The van der Waals surface area contributed by atoms with E-state index in [-0.39, 0.29) is 24.9 Å². The molecule has 1 rings (SSSR count). The molecule has 0 unspecified atom stereocenters. The van der Waals surface area contributed by atoms with Gasteiger partial charge in [-0.3, -0.25) is 9.59 Å². The molecular formula is C14H17F3N2O2. The zero-order valence-corrected chi connectivity index (χ0v) is 12.0. The molecule has 0 saturated heterocycles. The number of hydrogen-bond acceptors (Lipinski definition) is 2. The second-order valence-electron chi connectivity index (χ2n) is 4.84. The molecule has 1 aromatic rings. The molecular weight excluding hydrogens is 285 g/mol. The first-order chi connectivity index (χ1) is 9.73. The van der Waals surface area contributed by atoms with Crippen LogP contribution in [0, 0.1) is 17.5 Å². The number of amides is 2. The van der Waals surface area contributed by atoms with E-state index >= 15 is 0 Å². The van der Waals surface area contributed by atoms with Crippen molar-refractivity contribution in [2.24, 2.45) is 0 Å². The van der Waals surface area contributed by atoms with Crippen LogP contribution < -0.4 is 10.2 Å². The minimum atomic E-state index is -1.65. The fraction of sp³-hybridized carbons (Fsp3) is 0.429. The van der Waals surface area contributed by atoms with E-state index in [1.165, 1.54) is 0 Å². The standard InChI is InChI=1S/C14H17F3N2O2/c1-8(2)18-12(21)6-7-19(9(3)20)11-5-4-10(15)13(16)14(11)17/h4-5,8H,6-7H2,1-3H3,(H,18,21). The molecule has 0 aliphatic carbocycles. The van der Waals surface area contributed by atoms with Crippen LogP contribution in [0.5, 0.6) is 0 Å². The number of benzene rings is 1. The van der Waals surface area contributed by atoms with Gasteiger partial charge in [0.15, 0.2) is 17.5 Å². The Morgan fingerprint density at radius 3 is 2.33 bits per heavy atom. The van der Waals surface area contributed by atoms with Gasteiger partial charge < -0.3 is 10.2 Å². The van der Waals surface area contributed by atoms with E-state index < -0.39 is 29.0 Å². The van der Waals surface area contributed by atoms with Crippen LogP contribution in [0.2, 0.25) is 0 Å². The molecule has 0 atom stereocenters. The van der Waals surface area contributed by atoms with Crippen molar-refractivity contribution in [3.63, 3.8) is 0 Å². The minimum absolute atomic E-state index is 0.0664. The minimum Gasteiger partial charge on any atom is -0.354 e. The highest BCUT2D eigenvalue weighted by atomic mass is 19.2. The van der Waals surface area contributed by atoms with Crippen LogP contribution in [0.15, 0.2) is 12.1 Å². The van der Waals surface area contributed by atoms with Gasteiger partial charge in [-0.25, -0.2) is 13.2 Å². The highest BCUT2D eigenvalue weighted by Crippen LogP contribution is 2.24. The molecule has 4 nitrogen and oxygen atoms in total. The number of carbonyl (C=O) groups is 2. The first kappa shape index (κ1) is 17.0. The summed E-state index contributed by atoms with van der Waals surface area (Å²) in [6, 6.07) is 1.64. The van der Waals surface area contributed by atoms with E-state index in [4.69, 9.17) is 0 Å². The second kappa shape index (κ2) is 7.10. The van der Waals surface area contributed by atoms with E-state index in [9.17, 15) is 22.8 Å². The summed E-state index contributed by atoms with van der Waals surface area (Å²) in [7, 11) is 0. The fourth-order valence-corrected chi connectivity index (χ4v) is 1.78. The average Bonchev–Trinajstić information content (AvgIpc) is 2.37. The summed E-state index contributed by atoms with van der Waals surface area (Å²) >= 11 is 0. The van der Waals surface area contributed by atoms with Gasteiger partial charge in [0.1, 0.15) is 0 Å². The van der Waals surface area contributed by atoms with Gasteiger partial charge in [-0.1, -0.05) is 0 Å². The van der Waals surface area contributed by atoms with E-state index in [0.29, 0.717) is 0 Å². The summed E-state index contributed by atoms with van der Waals surface area (Å²) in [6.07, 6.45) is -0.0732. The van der Waals surface area contributed by atoms with Crippen molar-refractivity contribution in [3.05, 3.63) is 29.6 Å². The van der Waals surface area contributed by atoms with Crippen molar-refractivity contribution in [3.8, 4) is 0 Å². The van der Waals surface area contributed by atoms with Gasteiger partial charge in [-0.2, -0.15) is 0 Å². The lowest BCUT2D eigenvalue weighted by Crippen LogP contribution is -2.36. The maximum Gasteiger partial charge on any atom is 0.223 e. The number of hydrogen-bond donors (Lipinski definition) is 1. The lowest BCUT2D eigenvalue weighted by atomic mass is 10.2. The Labute approximate surface area is 120 Å². The van der Waals surface area contributed by atoms with Crippen LogP contribution in [-0.4, -0.2) is 24.4 Å². The third-order valence-electron chi connectivity index (χ3n) is 2.70. The SMILES string of the molecule is CC(=O)N(CCC(=O)NC(C)C)c1ccc(F)c(F)c1F. The zero-order valence-electron chi connectivity index (χ0n) is 12.0. The van der Waals surface area contributed by atoms with Gasteiger partial charge in [-0.05, 0) is 26.0 Å². The van der Waals surface area contributed by atoms with Crippen molar-refractivity contribution in [2.45, 2.75) is 33.2 Å². The summed E-state index contributed by atoms with van der Waals surface area (Å²) in [5.41, 5.74) is -0.390. The third kappa shape index (κ3) is 4.47. The quantitative estimate of drug-likeness (QED) is 0.849. The largest absolute Gasteiger partial charge is 0.354 e. The predicted molar refractivity (Wildman–Crippen MR) is 72.2 cm³/mol. The fourth-order valence-electron chi connectivity index (χ4n) is 1.78. The maximum absolute atomic E-state index is 13.7. The van der Waals surface area contributed by atoms with Gasteiger partial charge in [-0.15, -0.1) is 0 Å². The van der Waals surface area contributed by atoms with Crippen LogP contribution in [-0.2, 0) is 9.59 Å². The number of nitrogens with one attached hydrogen (secondary N) is 1. The van der Waals surface area contributed by atoms with Gasteiger partial charge in [0.05, 0.1) is 5.69 Å². The molecule has 0 bridgehead atoms. The lowest BCUT2D eigenvalue weighted by Gasteiger charge is -2.22. The van der Waals surface area contributed by atoms with Crippen molar-refractivity contribution >= 4 is 17.5 Å². The average molecular weight is 302 g/mol. The number of halogens is 3. The van der Waals surface area contributed by atoms with E-state index in [1.807, 2.05) is 0 Å². The van der Waals surface area contributed by atoms with Crippen LogP contribution in [0.25, 0.3) is 0 Å².